The summed E-state index contributed by atoms with van der Waals surface area (Å²) >= 11 is 10.1. The Hall–Kier alpha value is -13.0. The molecular weight excluding hydrogens is 1560 g/mol. The molecule has 0 aliphatic carbocycles. The largest absolute Gasteiger partial charge is 0.308 e. The Labute approximate surface area is 637 Å². The zero-order valence-electron chi connectivity index (χ0n) is 57.2. The number of hydrogen-bond acceptors (Lipinski definition) is 8. The van der Waals surface area contributed by atoms with Crippen molar-refractivity contribution in [3.8, 4) is 33.4 Å². The molecule has 22 aromatic rings. The highest BCUT2D eigenvalue weighted by Crippen LogP contribution is 2.39. The summed E-state index contributed by atoms with van der Waals surface area (Å²) in [6.07, 6.45) is 0. The maximum atomic E-state index is 14.7. The summed E-state index contributed by atoms with van der Waals surface area (Å²) in [5, 5.41) is 8.37. The van der Waals surface area contributed by atoms with E-state index >= 15 is 0 Å². The SMILES string of the molecule is Brc1cc(Br)cc(Br)c1.Cc1ccc2c(c1)c(=O)c1cccc3c(=O)c4ccccc4n2c31.F.O=c1c2ccccc2n2c3ccc(-c4cc(-c5ccc6c(c5)c(=O)c5cccc7c(=O)c8ccccc8n6c75)cc(-c5ccc6c(c5)c(=O)c5cccc7c(=O)c8ccccc8n6c75)c4)cc3c(=O)c3cccc1c32. The molecule has 0 fully saturated rings. The van der Waals surface area contributed by atoms with Gasteiger partial charge in [-0.1, -0.05) is 150 Å². The molecule has 16 heteroatoms. The molecule has 109 heavy (non-hydrogen) atoms. The second kappa shape index (κ2) is 25.1. The first-order valence-electron chi connectivity index (χ1n) is 34.8. The van der Waals surface area contributed by atoms with E-state index in [1.54, 1.807) is 72.8 Å². The second-order valence-electron chi connectivity index (χ2n) is 27.5. The van der Waals surface area contributed by atoms with Gasteiger partial charge in [0.05, 0.1) is 66.2 Å². The Balaban J connectivity index is 0.000000195. The number of rotatable bonds is 3. The van der Waals surface area contributed by atoms with Crippen LogP contribution in [0.25, 0.3) is 186 Å². The van der Waals surface area contributed by atoms with Crippen molar-refractivity contribution in [3.05, 3.63) is 380 Å². The third-order valence-electron chi connectivity index (χ3n) is 21.4. The lowest BCUT2D eigenvalue weighted by Crippen LogP contribution is -2.14. The molecule has 22 rings (SSSR count). The molecule has 14 aromatic carbocycles. The molecule has 0 unspecified atom stereocenters. The van der Waals surface area contributed by atoms with E-state index in [1.807, 2.05) is 208 Å². The zero-order chi connectivity index (χ0) is 73.4. The second-order valence-corrected chi connectivity index (χ2v) is 30.2. The lowest BCUT2D eigenvalue weighted by molar-refractivity contribution is 1.11. The minimum atomic E-state index is -0.196. The first kappa shape index (κ1) is 66.7. The van der Waals surface area contributed by atoms with Crippen LogP contribution < -0.4 is 43.4 Å². The number of benzene rings is 14. The number of hydrogen-bond donors (Lipinski definition) is 0. The third kappa shape index (κ3) is 9.98. The number of halogens is 4. The van der Waals surface area contributed by atoms with Crippen LogP contribution in [-0.4, -0.2) is 17.6 Å². The fourth-order valence-electron chi connectivity index (χ4n) is 16.6. The van der Waals surface area contributed by atoms with Crippen LogP contribution >= 0.6 is 47.8 Å². The van der Waals surface area contributed by atoms with E-state index in [9.17, 15) is 38.4 Å². The predicted molar refractivity (Wildman–Crippen MR) is 455 cm³/mol. The number of aromatic nitrogens is 4. The van der Waals surface area contributed by atoms with Crippen molar-refractivity contribution >= 4 is 200 Å². The van der Waals surface area contributed by atoms with Gasteiger partial charge < -0.3 is 17.6 Å². The standard InChI is InChI=1S/C66H33N3O6.C21H13NO2.C6H3Br3.FH/c70-61-40-10-1-4-19-52(40)67-55-25-22-34(31-49(55)64(73)46-16-7-13-43(61)58(46)67)37-28-38(35-23-26-56-50(32-35)65(74)47-17-8-14-44-59(47)68(56)53-20-5-2-11-41(53)62(44)71)30-39(29-37)36-24-27-57-51(33-36)66(75)48-18-9-15-45-60(48)69(57)54-21-6-3-12-42(54)63(45)72;1-12-9-10-18-16(11-12)21(24)15-7-4-6-14-19(15)22(18)17-8-3-2-5-13(17)20(14)23;7-4-1-5(8)3-6(9)2-4;/h1-33H;2-11H,1H3;1-3H;1H. The van der Waals surface area contributed by atoms with Crippen LogP contribution in [0.15, 0.2) is 331 Å². The van der Waals surface area contributed by atoms with Gasteiger partial charge in [0.15, 0.2) is 43.4 Å². The Morgan fingerprint density at radius 3 is 0.651 bits per heavy atom. The summed E-state index contributed by atoms with van der Waals surface area (Å²) in [6.45, 7) is 1.98. The molecule has 0 aliphatic heterocycles. The summed E-state index contributed by atoms with van der Waals surface area (Å²) in [7, 11) is 0. The Kier molecular flexibility index (Phi) is 15.3. The number of pyridine rings is 8. The van der Waals surface area contributed by atoms with Crippen LogP contribution in [-0.2, 0) is 0 Å². The molecule has 12 nitrogen and oxygen atoms in total. The molecule has 0 saturated carbocycles. The summed E-state index contributed by atoms with van der Waals surface area (Å²) in [5.74, 6) is 0. The average Bonchev–Trinajstić information content (AvgIpc) is 0.728. The maximum Gasteiger partial charge on any atom is 0.197 e. The third-order valence-corrected chi connectivity index (χ3v) is 22.8. The van der Waals surface area contributed by atoms with E-state index < -0.39 is 0 Å². The normalized spacial score (nSPS) is 11.9. The maximum absolute atomic E-state index is 14.7. The van der Waals surface area contributed by atoms with Crippen LogP contribution in [0, 0.1) is 6.92 Å². The molecule has 0 bridgehead atoms. The highest BCUT2D eigenvalue weighted by atomic mass is 79.9. The average molecular weight is 1610 g/mol. The van der Waals surface area contributed by atoms with Crippen LogP contribution in [0.3, 0.4) is 0 Å². The highest BCUT2D eigenvalue weighted by molar-refractivity contribution is 9.11. The summed E-state index contributed by atoms with van der Waals surface area (Å²) < 4.78 is 11.3. The number of fused-ring (bicyclic) bond motifs is 16. The lowest BCUT2D eigenvalue weighted by atomic mass is 9.91. The van der Waals surface area contributed by atoms with Crippen LogP contribution in [0.2, 0.25) is 0 Å². The highest BCUT2D eigenvalue weighted by Gasteiger charge is 2.24. The molecule has 0 saturated heterocycles. The Morgan fingerprint density at radius 2 is 0.394 bits per heavy atom. The lowest BCUT2D eigenvalue weighted by Gasteiger charge is -2.17. The van der Waals surface area contributed by atoms with Crippen molar-refractivity contribution in [1.82, 2.24) is 17.6 Å². The van der Waals surface area contributed by atoms with E-state index in [0.29, 0.717) is 141 Å². The van der Waals surface area contributed by atoms with Crippen molar-refractivity contribution in [2.45, 2.75) is 6.92 Å². The van der Waals surface area contributed by atoms with Gasteiger partial charge in [-0.25, -0.2) is 0 Å². The van der Waals surface area contributed by atoms with Crippen LogP contribution in [0.1, 0.15) is 5.56 Å². The fourth-order valence-corrected chi connectivity index (χ4v) is 19.0. The van der Waals surface area contributed by atoms with E-state index in [4.69, 9.17) is 0 Å². The molecule has 0 spiro atoms. The zero-order valence-corrected chi connectivity index (χ0v) is 61.9. The topological polar surface area (TPSA) is 154 Å². The van der Waals surface area contributed by atoms with Gasteiger partial charge in [0.2, 0.25) is 0 Å². The number of para-hydroxylation sites is 8. The Bertz CT molecular complexity index is 7730. The number of aryl methyl sites for hydroxylation is 1. The predicted octanol–water partition coefficient (Wildman–Crippen LogP) is 20.3. The van der Waals surface area contributed by atoms with Gasteiger partial charge in [-0.15, -0.1) is 0 Å². The molecular formula is C93H50Br3FN4O8. The van der Waals surface area contributed by atoms with Crippen molar-refractivity contribution in [2.24, 2.45) is 0 Å². The molecule has 8 heterocycles. The summed E-state index contributed by atoms with van der Waals surface area (Å²) in [6, 6.07) is 86.8. The van der Waals surface area contributed by atoms with Gasteiger partial charge in [0.25, 0.3) is 0 Å². The van der Waals surface area contributed by atoms with E-state index in [1.165, 1.54) is 0 Å². The van der Waals surface area contributed by atoms with Gasteiger partial charge in [0, 0.05) is 99.6 Å². The first-order valence-corrected chi connectivity index (χ1v) is 37.2. The first-order chi connectivity index (χ1) is 52.6. The number of nitrogens with zero attached hydrogens (tertiary/aromatic N) is 4. The minimum absolute atomic E-state index is 0. The van der Waals surface area contributed by atoms with Crippen molar-refractivity contribution in [2.75, 3.05) is 0 Å². The van der Waals surface area contributed by atoms with E-state index in [2.05, 4.69) is 70.4 Å². The smallest absolute Gasteiger partial charge is 0.197 e. The van der Waals surface area contributed by atoms with Gasteiger partial charge in [-0.2, -0.15) is 0 Å². The van der Waals surface area contributed by atoms with Gasteiger partial charge in [0.1, 0.15) is 0 Å². The molecule has 0 radical (unpaired) electrons. The van der Waals surface area contributed by atoms with Crippen molar-refractivity contribution < 1.29 is 4.70 Å². The van der Waals surface area contributed by atoms with Gasteiger partial charge in [-0.05, 0) is 222 Å². The van der Waals surface area contributed by atoms with Crippen molar-refractivity contribution in [3.63, 3.8) is 0 Å². The molecule has 0 atom stereocenters. The fraction of sp³-hybridized carbons (Fsp3) is 0.0108. The van der Waals surface area contributed by atoms with Gasteiger partial charge >= 0.3 is 0 Å². The quantitative estimate of drug-likeness (QED) is 0.125. The van der Waals surface area contributed by atoms with Crippen molar-refractivity contribution in [1.29, 1.82) is 0 Å². The van der Waals surface area contributed by atoms with Crippen LogP contribution in [0.4, 0.5) is 4.70 Å². The molecule has 0 amide bonds. The van der Waals surface area contributed by atoms with E-state index in [0.717, 1.165) is 63.4 Å². The monoisotopic (exact) mass is 1610 g/mol. The molecule has 8 aromatic heterocycles. The summed E-state index contributed by atoms with van der Waals surface area (Å²) in [4.78, 5) is 112. The molecule has 0 aliphatic rings. The molecule has 0 N–H and O–H groups in total. The van der Waals surface area contributed by atoms with Gasteiger partial charge in [-0.3, -0.25) is 43.1 Å². The van der Waals surface area contributed by atoms with Crippen LogP contribution in [0.5, 0.6) is 0 Å². The van der Waals surface area contributed by atoms with E-state index in [-0.39, 0.29) is 48.1 Å². The molecule has 518 valence electrons. The minimum Gasteiger partial charge on any atom is -0.308 e. The summed E-state index contributed by atoms with van der Waals surface area (Å²) in [5.41, 5.74) is 12.8. The Morgan fingerprint density at radius 1 is 0.193 bits per heavy atom.